The lowest BCUT2D eigenvalue weighted by Crippen LogP contribution is -2.45. The highest BCUT2D eigenvalue weighted by Gasteiger charge is 2.34. The molecule has 0 amide bonds. The number of aromatic nitrogens is 2. The molecule has 2 atom stereocenters. The Morgan fingerprint density at radius 3 is 2.81 bits per heavy atom. The third-order valence-electron chi connectivity index (χ3n) is 4.66. The predicted molar refractivity (Wildman–Crippen MR) is 78.9 cm³/mol. The highest BCUT2D eigenvalue weighted by atomic mass is 16.5. The van der Waals surface area contributed by atoms with Crippen LogP contribution in [0.3, 0.4) is 0 Å². The van der Waals surface area contributed by atoms with Crippen molar-refractivity contribution in [2.45, 2.75) is 38.8 Å². The van der Waals surface area contributed by atoms with E-state index in [-0.39, 0.29) is 0 Å². The average Bonchev–Trinajstić information content (AvgIpc) is 2.77. The number of aryl methyl sites for hydroxylation is 1. The number of fused-ring (bicyclic) bond motifs is 4. The number of piperidine rings is 1. The molecule has 1 aromatic heterocycles. The maximum Gasteiger partial charge on any atom is 0.230 e. The van der Waals surface area contributed by atoms with Crippen LogP contribution in [-0.4, -0.2) is 65.9 Å². The maximum absolute atomic E-state index is 5.66. The second kappa shape index (κ2) is 6.85. The first-order chi connectivity index (χ1) is 10.3. The lowest BCUT2D eigenvalue weighted by atomic mass is 9.95. The van der Waals surface area contributed by atoms with E-state index in [9.17, 15) is 0 Å². The molecule has 0 aromatic carbocycles. The van der Waals surface area contributed by atoms with E-state index in [1.807, 2.05) is 6.92 Å². The van der Waals surface area contributed by atoms with Crippen molar-refractivity contribution < 1.29 is 9.15 Å². The van der Waals surface area contributed by atoms with E-state index in [1.165, 1.54) is 19.4 Å². The van der Waals surface area contributed by atoms with Gasteiger partial charge in [0, 0.05) is 45.8 Å². The summed E-state index contributed by atoms with van der Waals surface area (Å²) in [5, 5.41) is 8.22. The monoisotopic (exact) mass is 294 g/mol. The Labute approximate surface area is 126 Å². The van der Waals surface area contributed by atoms with Crippen LogP contribution in [0.25, 0.3) is 0 Å². The molecule has 3 aliphatic rings. The molecule has 1 aromatic rings. The van der Waals surface area contributed by atoms with Gasteiger partial charge in [-0.25, -0.2) is 0 Å². The van der Waals surface area contributed by atoms with E-state index in [4.69, 9.17) is 9.15 Å². The molecule has 6 heteroatoms. The minimum atomic E-state index is 0.646. The third kappa shape index (κ3) is 3.62. The summed E-state index contributed by atoms with van der Waals surface area (Å²) in [6, 6.07) is 0.646. The van der Waals surface area contributed by atoms with Crippen LogP contribution in [0.5, 0.6) is 0 Å². The van der Waals surface area contributed by atoms with Crippen LogP contribution < -0.4 is 0 Å². The van der Waals surface area contributed by atoms with Crippen LogP contribution in [0.2, 0.25) is 0 Å². The van der Waals surface area contributed by atoms with Gasteiger partial charge in [0.05, 0.1) is 13.2 Å². The fourth-order valence-electron chi connectivity index (χ4n) is 3.57. The van der Waals surface area contributed by atoms with Crippen LogP contribution in [0.1, 0.15) is 31.5 Å². The summed E-state index contributed by atoms with van der Waals surface area (Å²) in [6.45, 7) is 8.15. The summed E-state index contributed by atoms with van der Waals surface area (Å²) >= 11 is 0. The minimum absolute atomic E-state index is 0.646. The van der Waals surface area contributed by atoms with Crippen LogP contribution in [0.15, 0.2) is 4.42 Å². The van der Waals surface area contributed by atoms with Crippen molar-refractivity contribution in [3.8, 4) is 0 Å². The zero-order chi connectivity index (χ0) is 14.7. The van der Waals surface area contributed by atoms with Crippen molar-refractivity contribution in [2.24, 2.45) is 5.92 Å². The van der Waals surface area contributed by atoms with Crippen LogP contribution in [0, 0.1) is 5.92 Å². The first kappa shape index (κ1) is 14.9. The molecule has 0 spiro atoms. The Hall–Kier alpha value is -0.980. The topological polar surface area (TPSA) is 54.6 Å². The summed E-state index contributed by atoms with van der Waals surface area (Å²) in [5.74, 6) is 2.26. The van der Waals surface area contributed by atoms with Gasteiger partial charge in [0.2, 0.25) is 11.8 Å². The Morgan fingerprint density at radius 1 is 1.19 bits per heavy atom. The Balaban J connectivity index is 1.60. The quantitative estimate of drug-likeness (QED) is 0.785. The smallest absolute Gasteiger partial charge is 0.230 e. The lowest BCUT2D eigenvalue weighted by molar-refractivity contribution is 0.0865. The molecule has 118 valence electrons. The molecule has 6 nitrogen and oxygen atoms in total. The van der Waals surface area contributed by atoms with Gasteiger partial charge in [-0.15, -0.1) is 10.2 Å². The van der Waals surface area contributed by atoms with E-state index in [2.05, 4.69) is 20.0 Å². The number of hydrogen-bond donors (Lipinski definition) is 0. The molecule has 0 unspecified atom stereocenters. The van der Waals surface area contributed by atoms with Gasteiger partial charge < -0.3 is 9.15 Å². The molecule has 0 saturated carbocycles. The van der Waals surface area contributed by atoms with Gasteiger partial charge in [-0.2, -0.15) is 0 Å². The molecule has 0 radical (unpaired) electrons. The Morgan fingerprint density at radius 2 is 2.05 bits per heavy atom. The fourth-order valence-corrected chi connectivity index (χ4v) is 3.57. The summed E-state index contributed by atoms with van der Waals surface area (Å²) in [5.41, 5.74) is 0. The van der Waals surface area contributed by atoms with Crippen LogP contribution in [0.4, 0.5) is 0 Å². The zero-order valence-electron chi connectivity index (χ0n) is 13.1. The first-order valence-electron chi connectivity index (χ1n) is 8.05. The van der Waals surface area contributed by atoms with Crippen molar-refractivity contribution in [3.05, 3.63) is 11.8 Å². The average molecular weight is 294 g/mol. The number of ether oxygens (including phenoxy) is 1. The Kier molecular flexibility index (Phi) is 4.87. The molecule has 21 heavy (non-hydrogen) atoms. The van der Waals surface area contributed by atoms with E-state index >= 15 is 0 Å². The van der Waals surface area contributed by atoms with E-state index < -0.39 is 0 Å². The van der Waals surface area contributed by atoms with Gasteiger partial charge >= 0.3 is 0 Å². The highest BCUT2D eigenvalue weighted by molar-refractivity contribution is 4.91. The third-order valence-corrected chi connectivity index (χ3v) is 4.66. The highest BCUT2D eigenvalue weighted by Crippen LogP contribution is 2.28. The molecular formula is C15H26N4O2. The van der Waals surface area contributed by atoms with Crippen molar-refractivity contribution >= 4 is 0 Å². The molecular weight excluding hydrogens is 268 g/mol. The second-order valence-electron chi connectivity index (χ2n) is 6.22. The summed E-state index contributed by atoms with van der Waals surface area (Å²) in [4.78, 5) is 5.09. The fraction of sp³-hybridized carbons (Fsp3) is 0.867. The van der Waals surface area contributed by atoms with E-state index in [0.717, 1.165) is 56.9 Å². The molecule has 4 rings (SSSR count). The molecule has 3 fully saturated rings. The molecule has 2 bridgehead atoms. The van der Waals surface area contributed by atoms with Crippen molar-refractivity contribution in [1.29, 1.82) is 0 Å². The van der Waals surface area contributed by atoms with Crippen molar-refractivity contribution in [2.75, 3.05) is 39.9 Å². The maximum atomic E-state index is 5.66. The van der Waals surface area contributed by atoms with Crippen LogP contribution >= 0.6 is 0 Å². The minimum Gasteiger partial charge on any atom is -0.424 e. The van der Waals surface area contributed by atoms with Gasteiger partial charge in [-0.05, 0) is 18.8 Å². The zero-order valence-corrected chi connectivity index (χ0v) is 13.1. The van der Waals surface area contributed by atoms with Gasteiger partial charge in [0.1, 0.15) is 0 Å². The number of hydrogen-bond acceptors (Lipinski definition) is 6. The summed E-state index contributed by atoms with van der Waals surface area (Å²) < 4.78 is 10.9. The van der Waals surface area contributed by atoms with Crippen molar-refractivity contribution in [3.63, 3.8) is 0 Å². The van der Waals surface area contributed by atoms with Gasteiger partial charge in [-0.3, -0.25) is 9.80 Å². The SMILES string of the molecule is CCc1nnc(CN2C[C@@H]3CC[C@H](C2)N(CCOC)C3)o1. The van der Waals surface area contributed by atoms with Gasteiger partial charge in [0.25, 0.3) is 0 Å². The van der Waals surface area contributed by atoms with E-state index in [0.29, 0.717) is 6.04 Å². The molecule has 0 N–H and O–H groups in total. The van der Waals surface area contributed by atoms with Crippen molar-refractivity contribution in [1.82, 2.24) is 20.0 Å². The normalized spacial score (nSPS) is 27.1. The second-order valence-corrected chi connectivity index (χ2v) is 6.22. The first-order valence-corrected chi connectivity index (χ1v) is 8.05. The number of methoxy groups -OCH3 is 1. The predicted octanol–water partition coefficient (Wildman–Crippen LogP) is 1.17. The summed E-state index contributed by atoms with van der Waals surface area (Å²) in [7, 11) is 1.78. The summed E-state index contributed by atoms with van der Waals surface area (Å²) in [6.07, 6.45) is 3.45. The lowest BCUT2D eigenvalue weighted by Gasteiger charge is -2.35. The largest absolute Gasteiger partial charge is 0.424 e. The van der Waals surface area contributed by atoms with E-state index in [1.54, 1.807) is 7.11 Å². The standard InChI is InChI=1S/C15H26N4O2/c1-3-14-16-17-15(21-14)11-18-8-12-4-5-13(10-18)19(9-12)6-7-20-2/h12-13H,3-11H2,1-2H3/t12-,13+/m0/s1. The number of rotatable bonds is 6. The van der Waals surface area contributed by atoms with Gasteiger partial charge in [-0.1, -0.05) is 6.92 Å². The molecule has 0 aliphatic carbocycles. The molecule has 3 saturated heterocycles. The molecule has 3 aliphatic heterocycles. The van der Waals surface area contributed by atoms with Crippen LogP contribution in [-0.2, 0) is 17.7 Å². The Bertz CT molecular complexity index is 451. The number of nitrogens with zero attached hydrogens (tertiary/aromatic N) is 4. The molecule has 4 heterocycles. The van der Waals surface area contributed by atoms with Gasteiger partial charge in [0.15, 0.2) is 0 Å².